The predicted octanol–water partition coefficient (Wildman–Crippen LogP) is 0.930. The number of likely N-dealkylation sites (tertiary alicyclic amines) is 1. The summed E-state index contributed by atoms with van der Waals surface area (Å²) in [7, 11) is 0. The van der Waals surface area contributed by atoms with Gasteiger partial charge in [-0.1, -0.05) is 5.16 Å². The van der Waals surface area contributed by atoms with Crippen LogP contribution in [0, 0.1) is 13.8 Å². The summed E-state index contributed by atoms with van der Waals surface area (Å²) in [6.07, 6.45) is -0.197. The van der Waals surface area contributed by atoms with Crippen LogP contribution < -0.4 is 0 Å². The van der Waals surface area contributed by atoms with Crippen molar-refractivity contribution in [2.24, 2.45) is 0 Å². The third kappa shape index (κ3) is 1.85. The SMILES string of the molecule is Cc1noc(C)c1C(=O)N1CC[C@](F)(C(=O)O)C1. The van der Waals surface area contributed by atoms with Crippen molar-refractivity contribution >= 4 is 11.9 Å². The number of halogens is 1. The number of amides is 1. The molecule has 1 aliphatic heterocycles. The number of carbonyl (C=O) groups is 2. The van der Waals surface area contributed by atoms with Crippen molar-refractivity contribution in [2.45, 2.75) is 25.9 Å². The van der Waals surface area contributed by atoms with Gasteiger partial charge in [-0.2, -0.15) is 0 Å². The molecule has 7 heteroatoms. The minimum absolute atomic E-state index is 0.0751. The first kappa shape index (κ1) is 12.5. The number of hydrogen-bond acceptors (Lipinski definition) is 4. The molecule has 2 heterocycles. The summed E-state index contributed by atoms with van der Waals surface area (Å²) >= 11 is 0. The fourth-order valence-corrected chi connectivity index (χ4v) is 2.07. The highest BCUT2D eigenvalue weighted by Crippen LogP contribution is 2.28. The first-order chi connectivity index (χ1) is 8.35. The molecular weight excluding hydrogens is 243 g/mol. The molecule has 1 amide bonds. The zero-order chi connectivity index (χ0) is 13.5. The van der Waals surface area contributed by atoms with Crippen LogP contribution in [0.15, 0.2) is 4.52 Å². The average molecular weight is 256 g/mol. The van der Waals surface area contributed by atoms with Gasteiger partial charge < -0.3 is 14.5 Å². The maximum atomic E-state index is 13.9. The Bertz CT molecular complexity index is 494. The molecule has 1 fully saturated rings. The number of alkyl halides is 1. The molecule has 1 aromatic rings. The standard InChI is InChI=1S/C11H13FN2O4/c1-6-8(7(2)18-13-6)9(15)14-4-3-11(12,5-14)10(16)17/h3-5H2,1-2H3,(H,16,17)/t11-/m1/s1. The number of carboxylic acids is 1. The Morgan fingerprint density at radius 3 is 2.61 bits per heavy atom. The summed E-state index contributed by atoms with van der Waals surface area (Å²) < 4.78 is 18.7. The Labute approximate surface area is 102 Å². The Morgan fingerprint density at radius 1 is 1.50 bits per heavy atom. The van der Waals surface area contributed by atoms with Crippen molar-refractivity contribution in [1.82, 2.24) is 10.1 Å². The van der Waals surface area contributed by atoms with E-state index in [2.05, 4.69) is 5.16 Å². The Balaban J connectivity index is 2.21. The molecule has 0 unspecified atom stereocenters. The Hall–Kier alpha value is -1.92. The van der Waals surface area contributed by atoms with Gasteiger partial charge >= 0.3 is 5.97 Å². The van der Waals surface area contributed by atoms with E-state index in [1.165, 1.54) is 4.90 Å². The van der Waals surface area contributed by atoms with Crippen molar-refractivity contribution in [3.05, 3.63) is 17.0 Å². The van der Waals surface area contributed by atoms with Crippen LogP contribution in [-0.4, -0.2) is 45.8 Å². The summed E-state index contributed by atoms with van der Waals surface area (Å²) in [5.41, 5.74) is -1.65. The lowest BCUT2D eigenvalue weighted by Crippen LogP contribution is -2.39. The first-order valence-electron chi connectivity index (χ1n) is 5.49. The lowest BCUT2D eigenvalue weighted by atomic mass is 10.1. The number of aromatic nitrogens is 1. The molecule has 0 aromatic carbocycles. The summed E-state index contributed by atoms with van der Waals surface area (Å²) in [4.78, 5) is 24.1. The summed E-state index contributed by atoms with van der Waals surface area (Å²) in [5, 5.41) is 12.4. The molecule has 1 N–H and O–H groups in total. The van der Waals surface area contributed by atoms with Crippen molar-refractivity contribution in [1.29, 1.82) is 0 Å². The minimum Gasteiger partial charge on any atom is -0.479 e. The number of carbonyl (C=O) groups excluding carboxylic acids is 1. The van der Waals surface area contributed by atoms with E-state index in [0.717, 1.165) is 0 Å². The number of carboxylic acid groups (broad SMARTS) is 1. The molecule has 1 aliphatic rings. The van der Waals surface area contributed by atoms with Crippen LogP contribution in [0.4, 0.5) is 4.39 Å². The maximum Gasteiger partial charge on any atom is 0.343 e. The molecule has 18 heavy (non-hydrogen) atoms. The monoisotopic (exact) mass is 256 g/mol. The van der Waals surface area contributed by atoms with E-state index in [-0.39, 0.29) is 18.5 Å². The van der Waals surface area contributed by atoms with E-state index in [1.807, 2.05) is 0 Å². The van der Waals surface area contributed by atoms with Gasteiger partial charge in [0, 0.05) is 13.0 Å². The molecule has 0 saturated carbocycles. The quantitative estimate of drug-likeness (QED) is 0.851. The highest BCUT2D eigenvalue weighted by Gasteiger charge is 2.47. The largest absolute Gasteiger partial charge is 0.479 e. The molecule has 2 rings (SSSR count). The van der Waals surface area contributed by atoms with Crippen molar-refractivity contribution in [2.75, 3.05) is 13.1 Å². The highest BCUT2D eigenvalue weighted by molar-refractivity contribution is 5.97. The molecule has 1 saturated heterocycles. The second-order valence-electron chi connectivity index (χ2n) is 4.45. The second-order valence-corrected chi connectivity index (χ2v) is 4.45. The smallest absolute Gasteiger partial charge is 0.343 e. The lowest BCUT2D eigenvalue weighted by Gasteiger charge is -2.17. The van der Waals surface area contributed by atoms with E-state index in [4.69, 9.17) is 9.63 Å². The fraction of sp³-hybridized carbons (Fsp3) is 0.545. The molecule has 0 radical (unpaired) electrons. The molecule has 98 valence electrons. The molecule has 0 bridgehead atoms. The molecule has 6 nitrogen and oxygen atoms in total. The van der Waals surface area contributed by atoms with Gasteiger partial charge in [0.05, 0.1) is 12.2 Å². The van der Waals surface area contributed by atoms with Crippen LogP contribution in [0.25, 0.3) is 0 Å². The third-order valence-electron chi connectivity index (χ3n) is 3.14. The van der Waals surface area contributed by atoms with Crippen molar-refractivity contribution in [3.8, 4) is 0 Å². The molecule has 1 atom stereocenters. The van der Waals surface area contributed by atoms with Crippen LogP contribution in [0.2, 0.25) is 0 Å². The van der Waals surface area contributed by atoms with E-state index in [0.29, 0.717) is 11.5 Å². The average Bonchev–Trinajstić information content (AvgIpc) is 2.84. The van der Waals surface area contributed by atoms with E-state index in [1.54, 1.807) is 13.8 Å². The van der Waals surface area contributed by atoms with Gasteiger partial charge in [0.15, 0.2) is 0 Å². The topological polar surface area (TPSA) is 83.6 Å². The number of hydrogen-bond donors (Lipinski definition) is 1. The minimum atomic E-state index is -2.35. The molecular formula is C11H13FN2O4. The Morgan fingerprint density at radius 2 is 2.17 bits per heavy atom. The normalized spacial score (nSPS) is 23.4. The van der Waals surface area contributed by atoms with E-state index in [9.17, 15) is 14.0 Å². The third-order valence-corrected chi connectivity index (χ3v) is 3.14. The number of aliphatic carboxylic acids is 1. The van der Waals surface area contributed by atoms with Crippen LogP contribution in [0.5, 0.6) is 0 Å². The van der Waals surface area contributed by atoms with Crippen molar-refractivity contribution < 1.29 is 23.6 Å². The fourth-order valence-electron chi connectivity index (χ4n) is 2.07. The van der Waals surface area contributed by atoms with Gasteiger partial charge in [0.1, 0.15) is 11.3 Å². The lowest BCUT2D eigenvalue weighted by molar-refractivity contribution is -0.149. The second kappa shape index (κ2) is 4.08. The van der Waals surface area contributed by atoms with Gasteiger partial charge in [-0.15, -0.1) is 0 Å². The molecule has 0 spiro atoms. The summed E-state index contributed by atoms with van der Waals surface area (Å²) in [6.45, 7) is 2.83. The van der Waals surface area contributed by atoms with Gasteiger partial charge in [-0.25, -0.2) is 9.18 Å². The predicted molar refractivity (Wildman–Crippen MR) is 58.0 cm³/mol. The van der Waals surface area contributed by atoms with Crippen LogP contribution in [0.1, 0.15) is 28.2 Å². The number of rotatable bonds is 2. The van der Waals surface area contributed by atoms with Crippen LogP contribution in [0.3, 0.4) is 0 Å². The van der Waals surface area contributed by atoms with Gasteiger partial charge in [0.2, 0.25) is 5.67 Å². The van der Waals surface area contributed by atoms with Gasteiger partial charge in [0.25, 0.3) is 5.91 Å². The Kier molecular flexibility index (Phi) is 2.84. The van der Waals surface area contributed by atoms with Gasteiger partial charge in [-0.05, 0) is 13.8 Å². The number of aryl methyl sites for hydroxylation is 2. The van der Waals surface area contributed by atoms with Crippen LogP contribution in [-0.2, 0) is 4.79 Å². The maximum absolute atomic E-state index is 13.9. The molecule has 1 aromatic heterocycles. The number of nitrogens with zero attached hydrogens (tertiary/aromatic N) is 2. The summed E-state index contributed by atoms with van der Waals surface area (Å²) in [5.74, 6) is -1.62. The molecule has 0 aliphatic carbocycles. The van der Waals surface area contributed by atoms with Crippen molar-refractivity contribution in [3.63, 3.8) is 0 Å². The van der Waals surface area contributed by atoms with E-state index >= 15 is 0 Å². The first-order valence-corrected chi connectivity index (χ1v) is 5.49. The van der Waals surface area contributed by atoms with E-state index < -0.39 is 24.1 Å². The summed E-state index contributed by atoms with van der Waals surface area (Å²) in [6, 6.07) is 0. The van der Waals surface area contributed by atoms with Gasteiger partial charge in [-0.3, -0.25) is 4.79 Å². The highest BCUT2D eigenvalue weighted by atomic mass is 19.1. The zero-order valence-electron chi connectivity index (χ0n) is 10.1. The zero-order valence-corrected chi connectivity index (χ0v) is 10.1. The van der Waals surface area contributed by atoms with Crippen LogP contribution >= 0.6 is 0 Å².